The van der Waals surface area contributed by atoms with Crippen LogP contribution < -0.4 is 18.9 Å². The highest BCUT2D eigenvalue weighted by atomic mass is 16.5. The molecule has 0 amide bonds. The Balaban J connectivity index is 2.10. The fourth-order valence-electron chi connectivity index (χ4n) is 3.03. The maximum absolute atomic E-state index is 11.2. The van der Waals surface area contributed by atoms with Gasteiger partial charge in [0.05, 0.1) is 34.8 Å². The Hall–Kier alpha value is -3.45. The van der Waals surface area contributed by atoms with Crippen molar-refractivity contribution in [3.63, 3.8) is 0 Å². The van der Waals surface area contributed by atoms with Crippen molar-refractivity contribution < 1.29 is 24.1 Å². The number of hydrogen-bond acceptors (Lipinski definition) is 6. The summed E-state index contributed by atoms with van der Waals surface area (Å²) >= 11 is 0. The summed E-state index contributed by atoms with van der Waals surface area (Å²) in [4.78, 5) is 4.07. The van der Waals surface area contributed by atoms with Gasteiger partial charge in [0.15, 0.2) is 23.0 Å². The molecule has 0 aliphatic heterocycles. The van der Waals surface area contributed by atoms with Crippen molar-refractivity contribution in [3.8, 4) is 23.0 Å². The summed E-state index contributed by atoms with van der Waals surface area (Å²) in [6.07, 6.45) is 6.00. The van der Waals surface area contributed by atoms with Crippen molar-refractivity contribution in [1.29, 1.82) is 0 Å². The summed E-state index contributed by atoms with van der Waals surface area (Å²) in [6, 6.07) is 10.8. The monoisotopic (exact) mass is 396 g/mol. The Morgan fingerprint density at radius 2 is 1.52 bits per heavy atom. The number of aliphatic hydroxyl groups is 1. The van der Waals surface area contributed by atoms with E-state index < -0.39 is 6.10 Å². The van der Waals surface area contributed by atoms with E-state index in [0.29, 0.717) is 34.1 Å². The van der Waals surface area contributed by atoms with Crippen LogP contribution in [-0.2, 0) is 0 Å². The molecule has 3 aromatic rings. The second-order valence-electron chi connectivity index (χ2n) is 6.18. The molecule has 1 N–H and O–H groups in total. The van der Waals surface area contributed by atoms with Crippen molar-refractivity contribution in [2.24, 2.45) is 0 Å². The molecule has 0 bridgehead atoms. The normalized spacial score (nSPS) is 12.4. The molecule has 0 saturated heterocycles. The first-order valence-electron chi connectivity index (χ1n) is 8.92. The Bertz CT molecular complexity index is 983. The van der Waals surface area contributed by atoms with Crippen molar-refractivity contribution in [1.82, 2.24) is 9.55 Å². The molecule has 3 rings (SSSR count). The van der Waals surface area contributed by atoms with Crippen molar-refractivity contribution >= 4 is 11.8 Å². The van der Waals surface area contributed by atoms with Gasteiger partial charge in [0, 0.05) is 24.2 Å². The zero-order valence-corrected chi connectivity index (χ0v) is 16.8. The summed E-state index contributed by atoms with van der Waals surface area (Å²) in [5.41, 5.74) is 2.08. The van der Waals surface area contributed by atoms with Crippen molar-refractivity contribution in [2.75, 3.05) is 28.4 Å². The van der Waals surface area contributed by atoms with Gasteiger partial charge in [-0.25, -0.2) is 4.98 Å². The molecule has 2 aromatic carbocycles. The van der Waals surface area contributed by atoms with E-state index in [1.54, 1.807) is 76.0 Å². The highest BCUT2D eigenvalue weighted by Gasteiger charge is 2.19. The number of imidazole rings is 1. The van der Waals surface area contributed by atoms with Gasteiger partial charge in [-0.1, -0.05) is 12.1 Å². The van der Waals surface area contributed by atoms with E-state index in [0.717, 1.165) is 5.56 Å². The minimum atomic E-state index is -0.935. The lowest BCUT2D eigenvalue weighted by Crippen LogP contribution is -2.04. The molecule has 1 atom stereocenters. The molecule has 152 valence electrons. The number of hydrogen-bond donors (Lipinski definition) is 1. The smallest absolute Gasteiger partial charge is 0.161 e. The molecule has 0 radical (unpaired) electrons. The lowest BCUT2D eigenvalue weighted by Gasteiger charge is -2.19. The summed E-state index contributed by atoms with van der Waals surface area (Å²) < 4.78 is 23.2. The highest BCUT2D eigenvalue weighted by Crippen LogP contribution is 2.38. The summed E-state index contributed by atoms with van der Waals surface area (Å²) in [7, 11) is 6.29. The van der Waals surface area contributed by atoms with Crippen LogP contribution in [-0.4, -0.2) is 43.1 Å². The number of methoxy groups -OCH3 is 4. The van der Waals surface area contributed by atoms with Gasteiger partial charge in [-0.3, -0.25) is 0 Å². The van der Waals surface area contributed by atoms with Crippen LogP contribution >= 0.6 is 0 Å². The molecule has 7 nitrogen and oxygen atoms in total. The Morgan fingerprint density at radius 3 is 2.10 bits per heavy atom. The predicted molar refractivity (Wildman–Crippen MR) is 110 cm³/mol. The van der Waals surface area contributed by atoms with Crippen LogP contribution in [0.4, 0.5) is 0 Å². The number of aromatic nitrogens is 2. The zero-order valence-electron chi connectivity index (χ0n) is 16.8. The van der Waals surface area contributed by atoms with Gasteiger partial charge in [-0.15, -0.1) is 0 Å². The average molecular weight is 396 g/mol. The van der Waals surface area contributed by atoms with E-state index >= 15 is 0 Å². The van der Waals surface area contributed by atoms with Crippen LogP contribution in [0.5, 0.6) is 23.0 Å². The number of rotatable bonds is 8. The fourth-order valence-corrected chi connectivity index (χ4v) is 3.03. The zero-order chi connectivity index (χ0) is 20.8. The van der Waals surface area contributed by atoms with Crippen molar-refractivity contribution in [2.45, 2.75) is 6.10 Å². The first kappa shape index (κ1) is 20.3. The molecule has 1 heterocycles. The van der Waals surface area contributed by atoms with Crippen LogP contribution in [0.1, 0.15) is 17.2 Å². The molecule has 0 saturated carbocycles. The Labute approximate surface area is 169 Å². The topological polar surface area (TPSA) is 75.0 Å². The quantitative estimate of drug-likeness (QED) is 0.626. The summed E-state index contributed by atoms with van der Waals surface area (Å²) in [6.45, 7) is 0. The molecule has 0 aliphatic carbocycles. The lowest BCUT2D eigenvalue weighted by atomic mass is 9.95. The molecule has 7 heteroatoms. The molecular weight excluding hydrogens is 372 g/mol. The molecule has 1 unspecified atom stereocenters. The van der Waals surface area contributed by atoms with E-state index in [1.165, 1.54) is 0 Å². The van der Waals surface area contributed by atoms with Gasteiger partial charge in [0.1, 0.15) is 6.10 Å². The highest BCUT2D eigenvalue weighted by molar-refractivity contribution is 5.80. The SMILES string of the molecule is COc1ccc(C(=Cn2ccnc2)C(O)c2ccc(OC)c(OC)c2)cc1OC. The number of ether oxygens (including phenoxy) is 4. The number of nitrogens with zero attached hydrogens (tertiary/aromatic N) is 2. The van der Waals surface area contributed by atoms with Crippen LogP contribution in [0.15, 0.2) is 55.1 Å². The predicted octanol–water partition coefficient (Wildman–Crippen LogP) is 3.65. The van der Waals surface area contributed by atoms with Gasteiger partial charge in [-0.2, -0.15) is 0 Å². The second-order valence-corrected chi connectivity index (χ2v) is 6.18. The summed E-state index contributed by atoms with van der Waals surface area (Å²) in [5, 5.41) is 11.2. The standard InChI is InChI=1S/C22H24N2O5/c1-26-18-7-5-15(11-20(18)28-3)17(13-24-10-9-23-14-24)22(25)16-6-8-19(27-2)21(12-16)29-4/h5-14,22,25H,1-4H3. The minimum Gasteiger partial charge on any atom is -0.493 e. The van der Waals surface area contributed by atoms with Crippen LogP contribution in [0.25, 0.3) is 11.8 Å². The number of aliphatic hydroxyl groups excluding tert-OH is 1. The molecule has 0 aliphatic rings. The van der Waals surface area contributed by atoms with E-state index in [1.807, 2.05) is 18.3 Å². The minimum absolute atomic E-state index is 0.540. The van der Waals surface area contributed by atoms with Gasteiger partial charge in [0.25, 0.3) is 0 Å². The maximum Gasteiger partial charge on any atom is 0.161 e. The van der Waals surface area contributed by atoms with Gasteiger partial charge in [-0.05, 0) is 35.4 Å². The Kier molecular flexibility index (Phi) is 6.41. The van der Waals surface area contributed by atoms with Crippen LogP contribution in [0.3, 0.4) is 0 Å². The first-order chi connectivity index (χ1) is 14.1. The lowest BCUT2D eigenvalue weighted by molar-refractivity contribution is 0.237. The van der Waals surface area contributed by atoms with E-state index in [-0.39, 0.29) is 0 Å². The first-order valence-corrected chi connectivity index (χ1v) is 8.92. The van der Waals surface area contributed by atoms with Crippen LogP contribution in [0, 0.1) is 0 Å². The molecular formula is C22H24N2O5. The van der Waals surface area contributed by atoms with E-state index in [2.05, 4.69) is 4.98 Å². The average Bonchev–Trinajstić information content (AvgIpc) is 3.29. The maximum atomic E-state index is 11.2. The van der Waals surface area contributed by atoms with Gasteiger partial charge >= 0.3 is 0 Å². The van der Waals surface area contributed by atoms with E-state index in [9.17, 15) is 5.11 Å². The third kappa shape index (κ3) is 4.35. The second kappa shape index (κ2) is 9.16. The fraction of sp³-hybridized carbons (Fsp3) is 0.227. The largest absolute Gasteiger partial charge is 0.493 e. The van der Waals surface area contributed by atoms with Gasteiger partial charge < -0.3 is 28.6 Å². The molecule has 1 aromatic heterocycles. The number of benzene rings is 2. The van der Waals surface area contributed by atoms with Crippen LogP contribution in [0.2, 0.25) is 0 Å². The molecule has 29 heavy (non-hydrogen) atoms. The summed E-state index contributed by atoms with van der Waals surface area (Å²) in [5.74, 6) is 2.31. The van der Waals surface area contributed by atoms with E-state index in [4.69, 9.17) is 18.9 Å². The third-order valence-corrected chi connectivity index (χ3v) is 4.55. The van der Waals surface area contributed by atoms with Gasteiger partial charge in [0.2, 0.25) is 0 Å². The molecule has 0 spiro atoms. The third-order valence-electron chi connectivity index (χ3n) is 4.55. The molecule has 0 fully saturated rings. The van der Waals surface area contributed by atoms with Crippen molar-refractivity contribution in [3.05, 3.63) is 66.2 Å². The Morgan fingerprint density at radius 1 is 0.897 bits per heavy atom.